The molecular weight excluding hydrogens is 260 g/mol. The quantitative estimate of drug-likeness (QED) is 0.629. The molecule has 1 aliphatic heterocycles. The zero-order valence-electron chi connectivity index (χ0n) is 11.7. The van der Waals surface area contributed by atoms with Gasteiger partial charge in [0.15, 0.2) is 0 Å². The van der Waals surface area contributed by atoms with Gasteiger partial charge in [-0.05, 0) is 24.8 Å². The second kappa shape index (κ2) is 5.90. The molecule has 1 fully saturated rings. The highest BCUT2D eigenvalue weighted by Gasteiger charge is 2.25. The summed E-state index contributed by atoms with van der Waals surface area (Å²) in [5, 5.41) is 10.8. The van der Waals surface area contributed by atoms with E-state index in [1.807, 2.05) is 0 Å². The van der Waals surface area contributed by atoms with Crippen molar-refractivity contribution in [3.05, 3.63) is 33.9 Å². The number of nitrogens with zero attached hydrogens (tertiary/aromatic N) is 2. The monoisotopic (exact) mass is 278 g/mol. The van der Waals surface area contributed by atoms with Crippen LogP contribution in [-0.4, -0.2) is 35.9 Å². The van der Waals surface area contributed by atoms with Gasteiger partial charge in [-0.2, -0.15) is 0 Å². The number of carbonyl (C=O) groups excluding carboxylic acids is 1. The van der Waals surface area contributed by atoms with Gasteiger partial charge in [0.05, 0.1) is 17.6 Å². The van der Waals surface area contributed by atoms with Crippen molar-refractivity contribution in [3.8, 4) is 5.75 Å². The molecule has 108 valence electrons. The molecule has 6 heteroatoms. The summed E-state index contributed by atoms with van der Waals surface area (Å²) < 4.78 is 5.15. The van der Waals surface area contributed by atoms with Crippen LogP contribution in [0.5, 0.6) is 5.75 Å². The molecule has 0 N–H and O–H groups in total. The number of benzene rings is 1. The van der Waals surface area contributed by atoms with Crippen molar-refractivity contribution in [1.82, 2.24) is 4.90 Å². The Kier molecular flexibility index (Phi) is 4.22. The normalized spacial score (nSPS) is 18.7. The summed E-state index contributed by atoms with van der Waals surface area (Å²) in [5.74, 6) is 0.633. The largest absolute Gasteiger partial charge is 0.496 e. The topological polar surface area (TPSA) is 72.7 Å². The minimum absolute atomic E-state index is 0.0980. The summed E-state index contributed by atoms with van der Waals surface area (Å²) in [4.78, 5) is 24.6. The Balaban J connectivity index is 2.31. The van der Waals surface area contributed by atoms with Crippen molar-refractivity contribution in [3.63, 3.8) is 0 Å². The fourth-order valence-corrected chi connectivity index (χ4v) is 2.52. The summed E-state index contributed by atoms with van der Waals surface area (Å²) in [7, 11) is 1.46. The Labute approximate surface area is 117 Å². The predicted octanol–water partition coefficient (Wildman–Crippen LogP) is 2.48. The lowest BCUT2D eigenvalue weighted by molar-refractivity contribution is -0.384. The molecule has 1 saturated heterocycles. The second-order valence-corrected chi connectivity index (χ2v) is 5.14. The number of nitro benzene ring substituents is 1. The van der Waals surface area contributed by atoms with Gasteiger partial charge >= 0.3 is 0 Å². The maximum Gasteiger partial charge on any atom is 0.270 e. The average molecular weight is 278 g/mol. The number of hydrogen-bond acceptors (Lipinski definition) is 4. The van der Waals surface area contributed by atoms with Gasteiger partial charge in [0.25, 0.3) is 11.6 Å². The van der Waals surface area contributed by atoms with E-state index in [0.29, 0.717) is 24.8 Å². The Bertz CT molecular complexity index is 530. The first-order valence-corrected chi connectivity index (χ1v) is 6.64. The molecule has 0 bridgehead atoms. The van der Waals surface area contributed by atoms with E-state index in [-0.39, 0.29) is 17.2 Å². The highest BCUT2D eigenvalue weighted by Crippen LogP contribution is 2.27. The van der Waals surface area contributed by atoms with Crippen LogP contribution in [0.15, 0.2) is 18.2 Å². The van der Waals surface area contributed by atoms with E-state index >= 15 is 0 Å². The van der Waals surface area contributed by atoms with E-state index < -0.39 is 4.92 Å². The van der Waals surface area contributed by atoms with Crippen LogP contribution in [0.4, 0.5) is 5.69 Å². The first-order valence-electron chi connectivity index (χ1n) is 6.64. The first-order chi connectivity index (χ1) is 9.52. The SMILES string of the molecule is COc1ccc([N+](=O)[O-])cc1C(=O)N1CCCC(C)C1. The molecule has 1 heterocycles. The number of nitro groups is 1. The van der Waals surface area contributed by atoms with E-state index in [1.54, 1.807) is 4.90 Å². The smallest absolute Gasteiger partial charge is 0.270 e. The summed E-state index contributed by atoms with van der Waals surface area (Å²) in [6, 6.07) is 4.10. The number of rotatable bonds is 3. The van der Waals surface area contributed by atoms with Crippen LogP contribution in [0.25, 0.3) is 0 Å². The van der Waals surface area contributed by atoms with Gasteiger partial charge in [0, 0.05) is 25.2 Å². The summed E-state index contributed by atoms with van der Waals surface area (Å²) >= 11 is 0. The van der Waals surface area contributed by atoms with Crippen molar-refractivity contribution >= 4 is 11.6 Å². The van der Waals surface area contributed by atoms with E-state index in [4.69, 9.17) is 4.74 Å². The van der Waals surface area contributed by atoms with Crippen molar-refractivity contribution in [2.24, 2.45) is 5.92 Å². The molecule has 0 aliphatic carbocycles. The maximum atomic E-state index is 12.5. The van der Waals surface area contributed by atoms with Gasteiger partial charge in [0.1, 0.15) is 5.75 Å². The molecule has 0 aromatic heterocycles. The number of methoxy groups -OCH3 is 1. The van der Waals surface area contributed by atoms with Crippen molar-refractivity contribution < 1.29 is 14.5 Å². The Morgan fingerprint density at radius 3 is 2.85 bits per heavy atom. The van der Waals surface area contributed by atoms with Crippen LogP contribution >= 0.6 is 0 Å². The lowest BCUT2D eigenvalue weighted by atomic mass is 9.99. The van der Waals surface area contributed by atoms with Gasteiger partial charge in [-0.1, -0.05) is 6.92 Å². The van der Waals surface area contributed by atoms with Crippen molar-refractivity contribution in [2.45, 2.75) is 19.8 Å². The molecule has 20 heavy (non-hydrogen) atoms. The van der Waals surface area contributed by atoms with Gasteiger partial charge in [-0.25, -0.2) is 0 Å². The molecule has 1 aromatic rings. The Hall–Kier alpha value is -2.11. The van der Waals surface area contributed by atoms with Crippen molar-refractivity contribution in [1.29, 1.82) is 0 Å². The van der Waals surface area contributed by atoms with E-state index in [0.717, 1.165) is 12.8 Å². The van der Waals surface area contributed by atoms with Crippen LogP contribution < -0.4 is 4.74 Å². The van der Waals surface area contributed by atoms with Crippen LogP contribution in [-0.2, 0) is 0 Å². The van der Waals surface area contributed by atoms with Crippen LogP contribution in [0.3, 0.4) is 0 Å². The molecule has 6 nitrogen and oxygen atoms in total. The van der Waals surface area contributed by atoms with Gasteiger partial charge in [-0.3, -0.25) is 14.9 Å². The molecule has 0 radical (unpaired) electrons. The van der Waals surface area contributed by atoms with Gasteiger partial charge < -0.3 is 9.64 Å². The number of amides is 1. The maximum absolute atomic E-state index is 12.5. The number of carbonyl (C=O) groups is 1. The number of piperidine rings is 1. The molecule has 1 unspecified atom stereocenters. The molecule has 1 aromatic carbocycles. The fraction of sp³-hybridized carbons (Fsp3) is 0.500. The first kappa shape index (κ1) is 14.3. The minimum Gasteiger partial charge on any atom is -0.496 e. The molecule has 2 rings (SSSR count). The fourth-order valence-electron chi connectivity index (χ4n) is 2.52. The van der Waals surface area contributed by atoms with E-state index in [2.05, 4.69) is 6.92 Å². The highest BCUT2D eigenvalue weighted by atomic mass is 16.6. The second-order valence-electron chi connectivity index (χ2n) is 5.14. The molecule has 1 atom stereocenters. The lowest BCUT2D eigenvalue weighted by Crippen LogP contribution is -2.39. The predicted molar refractivity (Wildman–Crippen MR) is 73.9 cm³/mol. The van der Waals surface area contributed by atoms with Crippen LogP contribution in [0, 0.1) is 16.0 Å². The lowest BCUT2D eigenvalue weighted by Gasteiger charge is -2.31. The van der Waals surface area contributed by atoms with Gasteiger partial charge in [-0.15, -0.1) is 0 Å². The number of likely N-dealkylation sites (tertiary alicyclic amines) is 1. The number of non-ortho nitro benzene ring substituents is 1. The standard InChI is InChI=1S/C14H18N2O4/c1-10-4-3-7-15(9-10)14(17)12-8-11(16(18)19)5-6-13(12)20-2/h5-6,8,10H,3-4,7,9H2,1-2H3. The average Bonchev–Trinajstić information content (AvgIpc) is 2.45. The molecule has 1 aliphatic rings. The van der Waals surface area contributed by atoms with Crippen LogP contribution in [0.1, 0.15) is 30.1 Å². The third-order valence-electron chi connectivity index (χ3n) is 3.57. The zero-order chi connectivity index (χ0) is 14.7. The van der Waals surface area contributed by atoms with Crippen molar-refractivity contribution in [2.75, 3.05) is 20.2 Å². The summed E-state index contributed by atoms with van der Waals surface area (Å²) in [6.45, 7) is 3.48. The molecule has 0 saturated carbocycles. The molecule has 1 amide bonds. The molecule has 0 spiro atoms. The number of ether oxygens (including phenoxy) is 1. The Morgan fingerprint density at radius 2 is 2.25 bits per heavy atom. The molecular formula is C14H18N2O4. The summed E-state index contributed by atoms with van der Waals surface area (Å²) in [6.07, 6.45) is 2.07. The van der Waals surface area contributed by atoms with Crippen LogP contribution in [0.2, 0.25) is 0 Å². The van der Waals surface area contributed by atoms with E-state index in [1.165, 1.54) is 25.3 Å². The third-order valence-corrected chi connectivity index (χ3v) is 3.57. The zero-order valence-corrected chi connectivity index (χ0v) is 11.7. The van der Waals surface area contributed by atoms with E-state index in [9.17, 15) is 14.9 Å². The highest BCUT2D eigenvalue weighted by molar-refractivity contribution is 5.97. The Morgan fingerprint density at radius 1 is 1.50 bits per heavy atom. The third kappa shape index (κ3) is 2.89. The van der Waals surface area contributed by atoms with Gasteiger partial charge in [0.2, 0.25) is 0 Å². The number of hydrogen-bond donors (Lipinski definition) is 0. The summed E-state index contributed by atoms with van der Waals surface area (Å²) in [5.41, 5.74) is 0.162. The minimum atomic E-state index is -0.505.